The number of ether oxygens (including phenoxy) is 1. The molecule has 0 aromatic heterocycles. The van der Waals surface area contributed by atoms with Crippen molar-refractivity contribution in [1.82, 2.24) is 9.80 Å². The lowest BCUT2D eigenvalue weighted by atomic mass is 10.1. The van der Waals surface area contributed by atoms with Gasteiger partial charge in [0.15, 0.2) is 0 Å². The van der Waals surface area contributed by atoms with E-state index in [9.17, 15) is 14.7 Å². The Hall–Kier alpha value is -2.08. The minimum Gasteiger partial charge on any atom is -0.444 e. The van der Waals surface area contributed by atoms with Crippen molar-refractivity contribution in [3.8, 4) is 0 Å². The molecule has 1 aromatic rings. The number of rotatable bonds is 11. The summed E-state index contributed by atoms with van der Waals surface area (Å²) < 4.78 is 5.39. The highest BCUT2D eigenvalue weighted by molar-refractivity contribution is 5.86. The third-order valence-electron chi connectivity index (χ3n) is 5.43. The van der Waals surface area contributed by atoms with Gasteiger partial charge in [-0.3, -0.25) is 9.69 Å². The lowest BCUT2D eigenvalue weighted by Crippen LogP contribution is -2.50. The van der Waals surface area contributed by atoms with Gasteiger partial charge in [0, 0.05) is 13.1 Å². The lowest BCUT2D eigenvalue weighted by molar-refractivity contribution is -0.137. The smallest absolute Gasteiger partial charge is 0.412 e. The molecule has 2 amide bonds. The van der Waals surface area contributed by atoms with Gasteiger partial charge in [0.25, 0.3) is 0 Å². The SMILES string of the molecule is CCCCCCN(CCCC)C(=O)[C@@H]1CCC(O)N1C(=O)OCc1ccccc1. The zero-order valence-electron chi connectivity index (χ0n) is 17.9. The average molecular weight is 405 g/mol. The first-order chi connectivity index (χ1) is 14.1. The molecule has 2 atom stereocenters. The van der Waals surface area contributed by atoms with Crippen molar-refractivity contribution >= 4 is 12.0 Å². The third-order valence-corrected chi connectivity index (χ3v) is 5.43. The van der Waals surface area contributed by atoms with Gasteiger partial charge in [-0.2, -0.15) is 0 Å². The number of amides is 2. The molecule has 6 heteroatoms. The minimum absolute atomic E-state index is 0.0665. The number of carbonyl (C=O) groups is 2. The number of carbonyl (C=O) groups excluding carboxylic acids is 2. The molecule has 162 valence electrons. The topological polar surface area (TPSA) is 70.1 Å². The molecule has 1 saturated heterocycles. The zero-order valence-corrected chi connectivity index (χ0v) is 17.9. The predicted molar refractivity (Wildman–Crippen MR) is 113 cm³/mol. The van der Waals surface area contributed by atoms with Crippen LogP contribution < -0.4 is 0 Å². The Morgan fingerprint density at radius 1 is 1.03 bits per heavy atom. The predicted octanol–water partition coefficient (Wildman–Crippen LogP) is 4.32. The number of likely N-dealkylation sites (tertiary alicyclic amines) is 1. The molecule has 0 aliphatic carbocycles. The number of aliphatic hydroxyl groups excluding tert-OH is 1. The number of hydrogen-bond donors (Lipinski definition) is 1. The monoisotopic (exact) mass is 404 g/mol. The summed E-state index contributed by atoms with van der Waals surface area (Å²) in [7, 11) is 0. The van der Waals surface area contributed by atoms with Crippen molar-refractivity contribution in [1.29, 1.82) is 0 Å². The lowest BCUT2D eigenvalue weighted by Gasteiger charge is -2.31. The van der Waals surface area contributed by atoms with Crippen LogP contribution in [0.25, 0.3) is 0 Å². The van der Waals surface area contributed by atoms with Crippen LogP contribution in [0.15, 0.2) is 30.3 Å². The Balaban J connectivity index is 1.99. The maximum Gasteiger partial charge on any atom is 0.412 e. The second-order valence-electron chi connectivity index (χ2n) is 7.76. The molecule has 2 rings (SSSR count). The van der Waals surface area contributed by atoms with Gasteiger partial charge in [0.05, 0.1) is 0 Å². The third kappa shape index (κ3) is 7.03. The molecule has 0 radical (unpaired) electrons. The summed E-state index contributed by atoms with van der Waals surface area (Å²) in [6.45, 7) is 5.80. The van der Waals surface area contributed by atoms with E-state index in [0.717, 1.165) is 44.1 Å². The summed E-state index contributed by atoms with van der Waals surface area (Å²) in [6.07, 6.45) is 5.60. The molecule has 1 aliphatic rings. The van der Waals surface area contributed by atoms with Gasteiger partial charge in [-0.1, -0.05) is 69.9 Å². The van der Waals surface area contributed by atoms with Crippen LogP contribution in [0.2, 0.25) is 0 Å². The second kappa shape index (κ2) is 12.5. The van der Waals surface area contributed by atoms with Gasteiger partial charge in [0.1, 0.15) is 18.9 Å². The van der Waals surface area contributed by atoms with E-state index in [-0.39, 0.29) is 12.5 Å². The Bertz CT molecular complexity index is 623. The molecular formula is C23H36N2O4. The van der Waals surface area contributed by atoms with Crippen LogP contribution in [0.5, 0.6) is 0 Å². The molecular weight excluding hydrogens is 368 g/mol. The molecule has 1 fully saturated rings. The zero-order chi connectivity index (χ0) is 21.1. The van der Waals surface area contributed by atoms with Gasteiger partial charge in [-0.05, 0) is 31.2 Å². The highest BCUT2D eigenvalue weighted by atomic mass is 16.6. The van der Waals surface area contributed by atoms with E-state index in [0.29, 0.717) is 25.9 Å². The summed E-state index contributed by atoms with van der Waals surface area (Å²) in [5, 5.41) is 10.3. The van der Waals surface area contributed by atoms with Crippen LogP contribution in [-0.4, -0.2) is 52.3 Å². The maximum absolute atomic E-state index is 13.2. The van der Waals surface area contributed by atoms with E-state index in [1.54, 1.807) is 0 Å². The van der Waals surface area contributed by atoms with Gasteiger partial charge < -0.3 is 14.7 Å². The van der Waals surface area contributed by atoms with Gasteiger partial charge in [-0.25, -0.2) is 4.79 Å². The molecule has 0 spiro atoms. The highest BCUT2D eigenvalue weighted by Crippen LogP contribution is 2.26. The van der Waals surface area contributed by atoms with Crippen LogP contribution in [-0.2, 0) is 16.1 Å². The molecule has 1 N–H and O–H groups in total. The number of unbranched alkanes of at least 4 members (excludes halogenated alkanes) is 4. The van der Waals surface area contributed by atoms with Crippen molar-refractivity contribution in [2.24, 2.45) is 0 Å². The van der Waals surface area contributed by atoms with Crippen molar-refractivity contribution in [3.05, 3.63) is 35.9 Å². The Morgan fingerprint density at radius 2 is 1.72 bits per heavy atom. The van der Waals surface area contributed by atoms with Crippen LogP contribution in [0.1, 0.15) is 70.8 Å². The Labute approximate surface area is 174 Å². The first-order valence-corrected chi connectivity index (χ1v) is 11.0. The molecule has 1 aliphatic heterocycles. The van der Waals surface area contributed by atoms with Crippen LogP contribution in [0, 0.1) is 0 Å². The van der Waals surface area contributed by atoms with E-state index < -0.39 is 18.4 Å². The van der Waals surface area contributed by atoms with Crippen LogP contribution >= 0.6 is 0 Å². The fraction of sp³-hybridized carbons (Fsp3) is 0.652. The molecule has 1 unspecified atom stereocenters. The first-order valence-electron chi connectivity index (χ1n) is 11.0. The highest BCUT2D eigenvalue weighted by Gasteiger charge is 2.42. The summed E-state index contributed by atoms with van der Waals surface area (Å²) in [6, 6.07) is 8.76. The van der Waals surface area contributed by atoms with Gasteiger partial charge >= 0.3 is 6.09 Å². The summed E-state index contributed by atoms with van der Waals surface area (Å²) in [5.41, 5.74) is 0.873. The second-order valence-corrected chi connectivity index (χ2v) is 7.76. The van der Waals surface area contributed by atoms with E-state index in [1.807, 2.05) is 35.2 Å². The Kier molecular flexibility index (Phi) is 9.98. The standard InChI is InChI=1S/C23H36N2O4/c1-3-5-7-11-17-24(16-6-4-2)22(27)20-14-15-21(26)25(20)23(28)29-18-19-12-9-8-10-13-19/h8-10,12-13,20-21,26H,3-7,11,14-18H2,1-2H3/t20-,21?/m0/s1. The summed E-state index contributed by atoms with van der Waals surface area (Å²) in [5.74, 6) is -0.0665. The van der Waals surface area contributed by atoms with Crippen LogP contribution in [0.4, 0.5) is 4.79 Å². The number of aliphatic hydroxyl groups is 1. The van der Waals surface area contributed by atoms with Gasteiger partial charge in [-0.15, -0.1) is 0 Å². The fourth-order valence-corrected chi connectivity index (χ4v) is 3.70. The molecule has 1 heterocycles. The average Bonchev–Trinajstić information content (AvgIpc) is 3.13. The van der Waals surface area contributed by atoms with E-state index >= 15 is 0 Å². The molecule has 6 nitrogen and oxygen atoms in total. The Morgan fingerprint density at radius 3 is 2.41 bits per heavy atom. The fourth-order valence-electron chi connectivity index (χ4n) is 3.70. The maximum atomic E-state index is 13.2. The first kappa shape index (κ1) is 23.2. The molecule has 0 bridgehead atoms. The largest absolute Gasteiger partial charge is 0.444 e. The molecule has 0 saturated carbocycles. The molecule has 1 aromatic carbocycles. The molecule has 29 heavy (non-hydrogen) atoms. The summed E-state index contributed by atoms with van der Waals surface area (Å²) >= 11 is 0. The normalized spacial score (nSPS) is 18.7. The van der Waals surface area contributed by atoms with Gasteiger partial charge in [0.2, 0.25) is 5.91 Å². The van der Waals surface area contributed by atoms with E-state index in [4.69, 9.17) is 4.74 Å². The van der Waals surface area contributed by atoms with Crippen molar-refractivity contribution < 1.29 is 19.4 Å². The number of benzene rings is 1. The van der Waals surface area contributed by atoms with Crippen molar-refractivity contribution in [2.75, 3.05) is 13.1 Å². The number of hydrogen-bond acceptors (Lipinski definition) is 4. The number of nitrogens with zero attached hydrogens (tertiary/aromatic N) is 2. The van der Waals surface area contributed by atoms with E-state index in [2.05, 4.69) is 13.8 Å². The van der Waals surface area contributed by atoms with Crippen molar-refractivity contribution in [2.45, 2.75) is 84.1 Å². The van der Waals surface area contributed by atoms with Crippen molar-refractivity contribution in [3.63, 3.8) is 0 Å². The van der Waals surface area contributed by atoms with E-state index in [1.165, 1.54) is 4.90 Å². The van der Waals surface area contributed by atoms with Crippen LogP contribution in [0.3, 0.4) is 0 Å². The quantitative estimate of drug-likeness (QED) is 0.558. The minimum atomic E-state index is -0.972. The summed E-state index contributed by atoms with van der Waals surface area (Å²) in [4.78, 5) is 29.0.